The highest BCUT2D eigenvalue weighted by molar-refractivity contribution is 6.62. The Kier molecular flexibility index (Phi) is 3.35. The van der Waals surface area contributed by atoms with E-state index in [-0.39, 0.29) is 18.3 Å². The number of hydrogen-bond donors (Lipinski definition) is 0. The van der Waals surface area contributed by atoms with Gasteiger partial charge in [0.15, 0.2) is 0 Å². The molecule has 5 nitrogen and oxygen atoms in total. The van der Waals surface area contributed by atoms with E-state index in [2.05, 4.69) is 38.9 Å². The molecule has 1 aromatic carbocycles. The summed E-state index contributed by atoms with van der Waals surface area (Å²) < 4.78 is 19.2. The smallest absolute Gasteiger partial charge is 0.399 e. The summed E-state index contributed by atoms with van der Waals surface area (Å²) in [5.74, 6) is 0. The molecule has 1 aliphatic heterocycles. The van der Waals surface area contributed by atoms with Gasteiger partial charge in [-0.3, -0.25) is 0 Å². The van der Waals surface area contributed by atoms with Crippen molar-refractivity contribution >= 4 is 23.5 Å². The van der Waals surface area contributed by atoms with E-state index in [0.717, 1.165) is 16.4 Å². The van der Waals surface area contributed by atoms with E-state index in [1.54, 1.807) is 7.11 Å². The molecule has 2 aromatic rings. The van der Waals surface area contributed by atoms with Gasteiger partial charge < -0.3 is 14.0 Å². The fraction of sp³-hybridized carbons (Fsp3) is 0.533. The average molecular weight is 288 g/mol. The summed E-state index contributed by atoms with van der Waals surface area (Å²) in [7, 11) is 1.30. The zero-order valence-corrected chi connectivity index (χ0v) is 13.2. The maximum absolute atomic E-state index is 6.09. The molecule has 2 heterocycles. The molecule has 3 rings (SSSR count). The lowest BCUT2D eigenvalue weighted by molar-refractivity contribution is 0.00578. The van der Waals surface area contributed by atoms with Crippen LogP contribution in [0.25, 0.3) is 10.9 Å². The summed E-state index contributed by atoms with van der Waals surface area (Å²) in [6, 6.07) is 6.13. The second-order valence-corrected chi connectivity index (χ2v) is 6.47. The van der Waals surface area contributed by atoms with Crippen molar-refractivity contribution < 1.29 is 14.0 Å². The van der Waals surface area contributed by atoms with Crippen LogP contribution < -0.4 is 5.46 Å². The number of benzene rings is 1. The predicted octanol–water partition coefficient (Wildman–Crippen LogP) is 1.94. The SMILES string of the molecule is COCn1ncc2ccc(B3OC(C)(C)C(C)(C)O3)cc21. The van der Waals surface area contributed by atoms with Crippen molar-refractivity contribution in [1.29, 1.82) is 0 Å². The molecule has 0 aliphatic carbocycles. The second kappa shape index (κ2) is 4.83. The highest BCUT2D eigenvalue weighted by atomic mass is 16.7. The summed E-state index contributed by atoms with van der Waals surface area (Å²) >= 11 is 0. The van der Waals surface area contributed by atoms with E-state index in [4.69, 9.17) is 14.0 Å². The molecule has 21 heavy (non-hydrogen) atoms. The first-order chi connectivity index (χ1) is 9.84. The minimum atomic E-state index is -0.356. The Morgan fingerprint density at radius 2 is 1.86 bits per heavy atom. The van der Waals surface area contributed by atoms with Gasteiger partial charge in [0.2, 0.25) is 0 Å². The minimum Gasteiger partial charge on any atom is -0.399 e. The van der Waals surface area contributed by atoms with Gasteiger partial charge in [-0.1, -0.05) is 12.1 Å². The Labute approximate surface area is 125 Å². The molecule has 1 fully saturated rings. The Hall–Kier alpha value is -1.37. The molecule has 0 saturated carbocycles. The molecule has 0 radical (unpaired) electrons. The molecule has 0 N–H and O–H groups in total. The van der Waals surface area contributed by atoms with Gasteiger partial charge in [-0.2, -0.15) is 5.10 Å². The second-order valence-electron chi connectivity index (χ2n) is 6.47. The fourth-order valence-electron chi connectivity index (χ4n) is 2.44. The van der Waals surface area contributed by atoms with Gasteiger partial charge in [0.1, 0.15) is 6.73 Å². The van der Waals surface area contributed by atoms with Crippen molar-refractivity contribution in [2.75, 3.05) is 7.11 Å². The standard InChI is InChI=1S/C15H21BN2O3/c1-14(2)15(3,4)21-16(20-14)12-7-6-11-9-17-18(10-19-5)13(11)8-12/h6-9H,10H2,1-5H3. The Balaban J connectivity index is 1.97. The number of fused-ring (bicyclic) bond motifs is 1. The highest BCUT2D eigenvalue weighted by Crippen LogP contribution is 2.36. The van der Waals surface area contributed by atoms with Crippen molar-refractivity contribution in [1.82, 2.24) is 9.78 Å². The van der Waals surface area contributed by atoms with E-state index in [1.807, 2.05) is 23.0 Å². The number of aromatic nitrogens is 2. The molecule has 0 amide bonds. The zero-order valence-electron chi connectivity index (χ0n) is 13.2. The van der Waals surface area contributed by atoms with E-state index in [9.17, 15) is 0 Å². The van der Waals surface area contributed by atoms with Gasteiger partial charge in [-0.25, -0.2) is 4.68 Å². The first-order valence-electron chi connectivity index (χ1n) is 7.14. The largest absolute Gasteiger partial charge is 0.494 e. The van der Waals surface area contributed by atoms with Gasteiger partial charge >= 0.3 is 7.12 Å². The van der Waals surface area contributed by atoms with Crippen LogP contribution in [0.15, 0.2) is 24.4 Å². The predicted molar refractivity (Wildman–Crippen MR) is 82.5 cm³/mol. The van der Waals surface area contributed by atoms with Crippen molar-refractivity contribution in [2.45, 2.75) is 45.6 Å². The van der Waals surface area contributed by atoms with Crippen LogP contribution in [0.2, 0.25) is 0 Å². The molecule has 0 unspecified atom stereocenters. The van der Waals surface area contributed by atoms with Crippen LogP contribution in [0.4, 0.5) is 0 Å². The van der Waals surface area contributed by atoms with Crippen LogP contribution in [-0.4, -0.2) is 35.2 Å². The third-order valence-corrected chi connectivity index (χ3v) is 4.45. The van der Waals surface area contributed by atoms with Crippen LogP contribution in [0.5, 0.6) is 0 Å². The van der Waals surface area contributed by atoms with E-state index < -0.39 is 0 Å². The van der Waals surface area contributed by atoms with Gasteiger partial charge in [0.25, 0.3) is 0 Å². The normalized spacial score (nSPS) is 20.3. The topological polar surface area (TPSA) is 45.5 Å². The van der Waals surface area contributed by atoms with Gasteiger partial charge in [-0.05, 0) is 39.2 Å². The van der Waals surface area contributed by atoms with Crippen molar-refractivity contribution in [3.63, 3.8) is 0 Å². The summed E-state index contributed by atoms with van der Waals surface area (Å²) in [6.45, 7) is 8.65. The minimum absolute atomic E-state index is 0.334. The lowest BCUT2D eigenvalue weighted by Crippen LogP contribution is -2.41. The molecule has 6 heteroatoms. The molecule has 0 atom stereocenters. The third kappa shape index (κ3) is 2.37. The third-order valence-electron chi connectivity index (χ3n) is 4.45. The quantitative estimate of drug-likeness (QED) is 0.810. The average Bonchev–Trinajstić information content (AvgIpc) is 2.89. The van der Waals surface area contributed by atoms with E-state index in [1.165, 1.54) is 0 Å². The van der Waals surface area contributed by atoms with Crippen LogP contribution in [0.3, 0.4) is 0 Å². The first kappa shape index (κ1) is 14.6. The Morgan fingerprint density at radius 3 is 2.48 bits per heavy atom. The monoisotopic (exact) mass is 288 g/mol. The number of nitrogens with zero attached hydrogens (tertiary/aromatic N) is 2. The number of methoxy groups -OCH3 is 1. The molecule has 0 spiro atoms. The maximum Gasteiger partial charge on any atom is 0.494 e. The molecule has 0 bridgehead atoms. The van der Waals surface area contributed by atoms with Crippen LogP contribution >= 0.6 is 0 Å². The molecule has 1 aromatic heterocycles. The summed E-state index contributed by atoms with van der Waals surface area (Å²) in [5.41, 5.74) is 1.35. The molecule has 1 saturated heterocycles. The summed E-state index contributed by atoms with van der Waals surface area (Å²) in [6.07, 6.45) is 1.84. The number of rotatable bonds is 3. The Morgan fingerprint density at radius 1 is 1.19 bits per heavy atom. The lowest BCUT2D eigenvalue weighted by Gasteiger charge is -2.32. The van der Waals surface area contributed by atoms with Crippen molar-refractivity contribution in [2.24, 2.45) is 0 Å². The molecule has 1 aliphatic rings. The Bertz CT molecular complexity index is 650. The maximum atomic E-state index is 6.09. The summed E-state index contributed by atoms with van der Waals surface area (Å²) in [5, 5.41) is 5.40. The fourth-order valence-corrected chi connectivity index (χ4v) is 2.44. The lowest BCUT2D eigenvalue weighted by atomic mass is 9.79. The van der Waals surface area contributed by atoms with E-state index >= 15 is 0 Å². The number of ether oxygens (including phenoxy) is 1. The zero-order chi connectivity index (χ0) is 15.3. The highest BCUT2D eigenvalue weighted by Gasteiger charge is 2.51. The van der Waals surface area contributed by atoms with E-state index in [0.29, 0.717) is 6.73 Å². The number of hydrogen-bond acceptors (Lipinski definition) is 4. The van der Waals surface area contributed by atoms with Gasteiger partial charge in [-0.15, -0.1) is 0 Å². The van der Waals surface area contributed by atoms with Crippen LogP contribution in [0, 0.1) is 0 Å². The molecular weight excluding hydrogens is 267 g/mol. The molecule has 112 valence electrons. The van der Waals surface area contributed by atoms with Gasteiger partial charge in [0.05, 0.1) is 22.9 Å². The van der Waals surface area contributed by atoms with Crippen molar-refractivity contribution in [3.05, 3.63) is 24.4 Å². The van der Waals surface area contributed by atoms with Crippen LogP contribution in [0.1, 0.15) is 27.7 Å². The van der Waals surface area contributed by atoms with Crippen LogP contribution in [-0.2, 0) is 20.8 Å². The first-order valence-corrected chi connectivity index (χ1v) is 7.14. The summed E-state index contributed by atoms with van der Waals surface area (Å²) in [4.78, 5) is 0. The molecular formula is C15H21BN2O3. The van der Waals surface area contributed by atoms with Gasteiger partial charge in [0, 0.05) is 12.5 Å². The van der Waals surface area contributed by atoms with Crippen molar-refractivity contribution in [3.8, 4) is 0 Å².